The molecule has 0 saturated heterocycles. The minimum Gasteiger partial charge on any atom is -0.397 e. The zero-order chi connectivity index (χ0) is 14.7. The summed E-state index contributed by atoms with van der Waals surface area (Å²) >= 11 is 0. The van der Waals surface area contributed by atoms with Crippen LogP contribution in [0.25, 0.3) is 0 Å². The number of hydrogen-bond acceptors (Lipinski definition) is 4. The average molecular weight is 272 g/mol. The highest BCUT2D eigenvalue weighted by Crippen LogP contribution is 2.22. The second-order valence-corrected chi connectivity index (χ2v) is 4.63. The number of hydrogen-bond donors (Lipinski definition) is 2. The Morgan fingerprint density at radius 3 is 2.85 bits per heavy atom. The van der Waals surface area contributed by atoms with Crippen LogP contribution < -0.4 is 16.7 Å². The molecule has 6 nitrogen and oxygen atoms in total. The third-order valence-electron chi connectivity index (χ3n) is 2.87. The largest absolute Gasteiger partial charge is 0.397 e. The molecule has 1 aromatic heterocycles. The van der Waals surface area contributed by atoms with E-state index in [1.54, 1.807) is 19.2 Å². The maximum Gasteiger partial charge on any atom is 0.347 e. The summed E-state index contributed by atoms with van der Waals surface area (Å²) in [6, 6.07) is 5.38. The number of nitrogens with two attached hydrogens (primary N) is 1. The summed E-state index contributed by atoms with van der Waals surface area (Å²) in [7, 11) is 0. The Hall–Kier alpha value is -2.63. The van der Waals surface area contributed by atoms with Gasteiger partial charge in [-0.15, -0.1) is 0 Å². The number of anilines is 2. The number of nitrogens with zero attached hydrogens (tertiary/aromatic N) is 2. The second-order valence-electron chi connectivity index (χ2n) is 4.63. The number of nitrogen functional groups attached to an aromatic ring is 1. The van der Waals surface area contributed by atoms with Crippen LogP contribution >= 0.6 is 0 Å². The van der Waals surface area contributed by atoms with Crippen molar-refractivity contribution in [2.24, 2.45) is 0 Å². The Morgan fingerprint density at radius 1 is 1.40 bits per heavy atom. The lowest BCUT2D eigenvalue weighted by Gasteiger charge is -2.11. The first-order valence-corrected chi connectivity index (χ1v) is 6.15. The lowest BCUT2D eigenvalue weighted by Crippen LogP contribution is -2.29. The number of rotatable bonds is 3. The van der Waals surface area contributed by atoms with E-state index in [4.69, 9.17) is 5.73 Å². The maximum atomic E-state index is 12.0. The van der Waals surface area contributed by atoms with Crippen LogP contribution in [0.5, 0.6) is 0 Å². The van der Waals surface area contributed by atoms with Gasteiger partial charge in [-0.2, -0.15) is 0 Å². The molecule has 2 aromatic rings. The molecule has 1 aromatic carbocycles. The molecule has 0 bridgehead atoms. The van der Waals surface area contributed by atoms with Crippen LogP contribution in [0.3, 0.4) is 0 Å². The van der Waals surface area contributed by atoms with Gasteiger partial charge in [0.2, 0.25) is 5.91 Å². The van der Waals surface area contributed by atoms with E-state index >= 15 is 0 Å². The molecule has 1 amide bonds. The first-order chi connectivity index (χ1) is 9.47. The molecule has 20 heavy (non-hydrogen) atoms. The van der Waals surface area contributed by atoms with Crippen LogP contribution in [0.1, 0.15) is 11.1 Å². The summed E-state index contributed by atoms with van der Waals surface area (Å²) in [5, 5.41) is 2.72. The van der Waals surface area contributed by atoms with Crippen LogP contribution in [0.2, 0.25) is 0 Å². The van der Waals surface area contributed by atoms with E-state index in [0.29, 0.717) is 11.4 Å². The summed E-state index contributed by atoms with van der Waals surface area (Å²) in [5.41, 5.74) is 8.12. The van der Waals surface area contributed by atoms with Crippen LogP contribution in [0.4, 0.5) is 11.4 Å². The van der Waals surface area contributed by atoms with Crippen molar-refractivity contribution in [1.29, 1.82) is 0 Å². The fraction of sp³-hybridized carbons (Fsp3) is 0.214. The summed E-state index contributed by atoms with van der Waals surface area (Å²) in [4.78, 5) is 27.2. The van der Waals surface area contributed by atoms with Crippen molar-refractivity contribution in [1.82, 2.24) is 9.55 Å². The van der Waals surface area contributed by atoms with Gasteiger partial charge in [0.25, 0.3) is 0 Å². The van der Waals surface area contributed by atoms with Crippen LogP contribution in [-0.2, 0) is 11.3 Å². The molecule has 0 unspecified atom stereocenters. The Labute approximate surface area is 116 Å². The molecule has 3 N–H and O–H groups in total. The van der Waals surface area contributed by atoms with Crippen molar-refractivity contribution in [3.05, 3.63) is 52.2 Å². The number of para-hydroxylation sites is 1. The van der Waals surface area contributed by atoms with Gasteiger partial charge in [0, 0.05) is 12.4 Å². The van der Waals surface area contributed by atoms with Gasteiger partial charge in [0.1, 0.15) is 6.54 Å². The van der Waals surface area contributed by atoms with E-state index in [9.17, 15) is 9.59 Å². The molecule has 0 saturated carbocycles. The third-order valence-corrected chi connectivity index (χ3v) is 2.87. The zero-order valence-electron chi connectivity index (χ0n) is 11.4. The van der Waals surface area contributed by atoms with E-state index in [1.807, 2.05) is 19.1 Å². The summed E-state index contributed by atoms with van der Waals surface area (Å²) < 4.78 is 1.26. The number of carbonyl (C=O) groups excluding carboxylic acids is 1. The molecule has 1 heterocycles. The first kappa shape index (κ1) is 13.8. The van der Waals surface area contributed by atoms with Gasteiger partial charge in [-0.3, -0.25) is 9.36 Å². The molecule has 0 fully saturated rings. The topological polar surface area (TPSA) is 90.0 Å². The van der Waals surface area contributed by atoms with Crippen LogP contribution in [0.15, 0.2) is 35.4 Å². The van der Waals surface area contributed by atoms with Crippen molar-refractivity contribution in [3.63, 3.8) is 0 Å². The number of benzene rings is 1. The molecular weight excluding hydrogens is 256 g/mol. The van der Waals surface area contributed by atoms with E-state index < -0.39 is 5.69 Å². The fourth-order valence-corrected chi connectivity index (χ4v) is 1.87. The van der Waals surface area contributed by atoms with Gasteiger partial charge in [0.15, 0.2) is 0 Å². The van der Waals surface area contributed by atoms with E-state index in [0.717, 1.165) is 11.1 Å². The summed E-state index contributed by atoms with van der Waals surface area (Å²) in [6.07, 6.45) is 3.06. The van der Waals surface area contributed by atoms with E-state index in [2.05, 4.69) is 10.3 Å². The van der Waals surface area contributed by atoms with Gasteiger partial charge in [-0.25, -0.2) is 9.78 Å². The lowest BCUT2D eigenvalue weighted by atomic mass is 10.1. The number of aromatic nitrogens is 2. The van der Waals surface area contributed by atoms with Gasteiger partial charge in [-0.05, 0) is 31.0 Å². The second kappa shape index (κ2) is 5.56. The standard InChI is InChI=1S/C14H16N4O2/c1-9-6-16-14(20)18(7-9)8-12(19)17-13-10(2)4-3-5-11(13)15/h3-7H,8,15H2,1-2H3,(H,17,19). The van der Waals surface area contributed by atoms with Crippen molar-refractivity contribution >= 4 is 17.3 Å². The van der Waals surface area contributed by atoms with Gasteiger partial charge in [0.05, 0.1) is 11.4 Å². The van der Waals surface area contributed by atoms with Crippen molar-refractivity contribution in [2.75, 3.05) is 11.1 Å². The Bertz CT molecular complexity index is 686. The van der Waals surface area contributed by atoms with Gasteiger partial charge >= 0.3 is 5.69 Å². The molecule has 0 aliphatic heterocycles. The summed E-state index contributed by atoms with van der Waals surface area (Å²) in [6.45, 7) is 3.56. The van der Waals surface area contributed by atoms with Gasteiger partial charge < -0.3 is 11.1 Å². The third kappa shape index (κ3) is 3.03. The van der Waals surface area contributed by atoms with E-state index in [-0.39, 0.29) is 12.5 Å². The zero-order valence-corrected chi connectivity index (χ0v) is 11.4. The summed E-state index contributed by atoms with van der Waals surface area (Å²) in [5.74, 6) is -0.319. The highest BCUT2D eigenvalue weighted by atomic mass is 16.2. The predicted octanol–water partition coefficient (Wildman–Crippen LogP) is 1.08. The molecule has 6 heteroatoms. The van der Waals surface area contributed by atoms with Gasteiger partial charge in [-0.1, -0.05) is 12.1 Å². The molecule has 0 aliphatic carbocycles. The van der Waals surface area contributed by atoms with Crippen LogP contribution in [-0.4, -0.2) is 15.5 Å². The van der Waals surface area contributed by atoms with Crippen molar-refractivity contribution in [2.45, 2.75) is 20.4 Å². The number of carbonyl (C=O) groups is 1. The quantitative estimate of drug-likeness (QED) is 0.818. The number of nitrogens with one attached hydrogen (secondary N) is 1. The van der Waals surface area contributed by atoms with E-state index in [1.165, 1.54) is 10.8 Å². The van der Waals surface area contributed by atoms with Crippen molar-refractivity contribution in [3.8, 4) is 0 Å². The molecule has 0 aliphatic rings. The molecule has 0 atom stereocenters. The van der Waals surface area contributed by atoms with Crippen molar-refractivity contribution < 1.29 is 4.79 Å². The highest BCUT2D eigenvalue weighted by molar-refractivity contribution is 5.94. The maximum absolute atomic E-state index is 12.0. The normalized spacial score (nSPS) is 10.3. The molecule has 0 radical (unpaired) electrons. The average Bonchev–Trinajstić information content (AvgIpc) is 2.38. The number of amides is 1. The molecule has 104 valence electrons. The monoisotopic (exact) mass is 272 g/mol. The fourth-order valence-electron chi connectivity index (χ4n) is 1.87. The number of aryl methyl sites for hydroxylation is 2. The smallest absolute Gasteiger partial charge is 0.347 e. The SMILES string of the molecule is Cc1cnc(=O)n(CC(=O)Nc2c(C)cccc2N)c1. The molecule has 0 spiro atoms. The molecule has 2 rings (SSSR count). The lowest BCUT2D eigenvalue weighted by molar-refractivity contribution is -0.116. The predicted molar refractivity (Wildman–Crippen MR) is 77.5 cm³/mol. The Balaban J connectivity index is 2.17. The Morgan fingerprint density at radius 2 is 2.15 bits per heavy atom. The molecular formula is C14H16N4O2. The minimum atomic E-state index is -0.455. The van der Waals surface area contributed by atoms with Crippen LogP contribution in [0, 0.1) is 13.8 Å². The minimum absolute atomic E-state index is 0.0959. The highest BCUT2D eigenvalue weighted by Gasteiger charge is 2.09. The Kier molecular flexibility index (Phi) is 3.84. The first-order valence-electron chi connectivity index (χ1n) is 6.15.